The SMILES string of the molecule is CC.CCCC1CN(c2ncc(C)cc2C(N)=O)CCC1N.N.[HH]. The minimum absolute atomic E-state index is 0. The number of carbonyl (C=O) groups excluding carboxylic acids is 1. The van der Waals surface area contributed by atoms with Gasteiger partial charge in [-0.2, -0.15) is 0 Å². The normalized spacial score (nSPS) is 20.1. The number of hydrogen-bond acceptors (Lipinski definition) is 5. The van der Waals surface area contributed by atoms with Crippen LogP contribution in [-0.4, -0.2) is 30.0 Å². The first kappa shape index (κ1) is 21.3. The van der Waals surface area contributed by atoms with Crippen LogP contribution in [0.25, 0.3) is 0 Å². The van der Waals surface area contributed by atoms with E-state index in [0.29, 0.717) is 17.3 Å². The van der Waals surface area contributed by atoms with Crippen molar-refractivity contribution in [3.63, 3.8) is 0 Å². The Bertz CT molecular complexity index is 498. The molecule has 0 radical (unpaired) electrons. The van der Waals surface area contributed by atoms with Gasteiger partial charge in [0.05, 0.1) is 5.56 Å². The number of carbonyl (C=O) groups is 1. The first-order valence-electron chi connectivity index (χ1n) is 8.30. The van der Waals surface area contributed by atoms with Gasteiger partial charge in [-0.3, -0.25) is 4.79 Å². The zero-order valence-electron chi connectivity index (χ0n) is 15.0. The minimum atomic E-state index is -0.418. The van der Waals surface area contributed by atoms with Crippen LogP contribution in [0.5, 0.6) is 0 Å². The maximum atomic E-state index is 11.6. The Kier molecular flexibility index (Phi) is 9.44. The molecule has 0 saturated carbocycles. The molecule has 0 bridgehead atoms. The van der Waals surface area contributed by atoms with Crippen LogP contribution in [0, 0.1) is 12.8 Å². The number of nitrogens with two attached hydrogens (primary N) is 2. The van der Waals surface area contributed by atoms with Gasteiger partial charge >= 0.3 is 0 Å². The van der Waals surface area contributed by atoms with Crippen LogP contribution in [0.2, 0.25) is 0 Å². The Morgan fingerprint density at radius 2 is 2.13 bits per heavy atom. The molecule has 23 heavy (non-hydrogen) atoms. The summed E-state index contributed by atoms with van der Waals surface area (Å²) in [5.41, 5.74) is 13.1. The summed E-state index contributed by atoms with van der Waals surface area (Å²) in [7, 11) is 0. The molecule has 7 N–H and O–H groups in total. The number of aryl methyl sites for hydroxylation is 1. The molecule has 1 aliphatic rings. The summed E-state index contributed by atoms with van der Waals surface area (Å²) >= 11 is 0. The summed E-state index contributed by atoms with van der Waals surface area (Å²) in [6, 6.07) is 2.06. The van der Waals surface area contributed by atoms with E-state index in [4.69, 9.17) is 11.5 Å². The van der Waals surface area contributed by atoms with Crippen molar-refractivity contribution < 1.29 is 6.22 Å². The molecule has 1 fully saturated rings. The number of piperidine rings is 1. The summed E-state index contributed by atoms with van der Waals surface area (Å²) in [6.45, 7) is 9.77. The number of aromatic nitrogens is 1. The molecule has 6 heteroatoms. The average molecular weight is 326 g/mol. The van der Waals surface area contributed by atoms with E-state index in [2.05, 4.69) is 16.8 Å². The Morgan fingerprint density at radius 1 is 1.48 bits per heavy atom. The van der Waals surface area contributed by atoms with Crippen molar-refractivity contribution in [2.45, 2.75) is 53.0 Å². The van der Waals surface area contributed by atoms with Gasteiger partial charge in [0.25, 0.3) is 5.91 Å². The molecule has 6 nitrogen and oxygen atoms in total. The topological polar surface area (TPSA) is 120 Å². The molecule has 1 aliphatic heterocycles. The van der Waals surface area contributed by atoms with E-state index >= 15 is 0 Å². The van der Waals surface area contributed by atoms with Crippen molar-refractivity contribution in [2.75, 3.05) is 18.0 Å². The lowest BCUT2D eigenvalue weighted by Crippen LogP contribution is -2.47. The fourth-order valence-corrected chi connectivity index (χ4v) is 2.91. The average Bonchev–Trinajstić information content (AvgIpc) is 2.52. The molecular formula is C17H35N5O. The van der Waals surface area contributed by atoms with Crippen LogP contribution in [0.4, 0.5) is 5.82 Å². The summed E-state index contributed by atoms with van der Waals surface area (Å²) in [5.74, 6) is 0.742. The van der Waals surface area contributed by atoms with E-state index in [1.807, 2.05) is 26.8 Å². The van der Waals surface area contributed by atoms with Gasteiger partial charge in [-0.15, -0.1) is 0 Å². The van der Waals surface area contributed by atoms with Crippen molar-refractivity contribution >= 4 is 11.7 Å². The van der Waals surface area contributed by atoms with Crippen molar-refractivity contribution in [3.05, 3.63) is 23.4 Å². The molecule has 134 valence electrons. The predicted molar refractivity (Wildman–Crippen MR) is 99.2 cm³/mol. The smallest absolute Gasteiger partial charge is 0.252 e. The predicted octanol–water partition coefficient (Wildman–Crippen LogP) is 2.88. The molecule has 1 aromatic heterocycles. The molecule has 2 unspecified atom stereocenters. The van der Waals surface area contributed by atoms with E-state index in [-0.39, 0.29) is 13.6 Å². The van der Waals surface area contributed by atoms with Crippen LogP contribution in [0.15, 0.2) is 12.3 Å². The van der Waals surface area contributed by atoms with Gasteiger partial charge in [0.2, 0.25) is 0 Å². The minimum Gasteiger partial charge on any atom is -0.365 e. The number of nitrogens with zero attached hydrogens (tertiary/aromatic N) is 2. The Morgan fingerprint density at radius 3 is 2.70 bits per heavy atom. The molecule has 0 aliphatic carbocycles. The highest BCUT2D eigenvalue weighted by atomic mass is 16.1. The monoisotopic (exact) mass is 325 g/mol. The lowest BCUT2D eigenvalue weighted by molar-refractivity contribution is 0.1000. The molecule has 1 aromatic rings. The molecule has 1 amide bonds. The van der Waals surface area contributed by atoms with Crippen LogP contribution in [0.1, 0.15) is 57.4 Å². The van der Waals surface area contributed by atoms with Gasteiger partial charge in [-0.1, -0.05) is 27.2 Å². The fourth-order valence-electron chi connectivity index (χ4n) is 2.91. The van der Waals surface area contributed by atoms with Crippen LogP contribution >= 0.6 is 0 Å². The Labute approximate surface area is 141 Å². The summed E-state index contributed by atoms with van der Waals surface area (Å²) < 4.78 is 0. The first-order valence-corrected chi connectivity index (χ1v) is 8.30. The van der Waals surface area contributed by atoms with Crippen molar-refractivity contribution in [1.82, 2.24) is 11.1 Å². The van der Waals surface area contributed by atoms with Gasteiger partial charge in [0.1, 0.15) is 5.82 Å². The van der Waals surface area contributed by atoms with Crippen LogP contribution in [-0.2, 0) is 0 Å². The Hall–Kier alpha value is -1.66. The Balaban J connectivity index is 0. The number of anilines is 1. The van der Waals surface area contributed by atoms with Crippen molar-refractivity contribution in [2.24, 2.45) is 17.4 Å². The highest BCUT2D eigenvalue weighted by Crippen LogP contribution is 2.26. The lowest BCUT2D eigenvalue weighted by Gasteiger charge is -2.38. The second-order valence-corrected chi connectivity index (χ2v) is 5.70. The number of pyridine rings is 1. The molecule has 2 heterocycles. The molecular weight excluding hydrogens is 290 g/mol. The van der Waals surface area contributed by atoms with Crippen molar-refractivity contribution in [1.29, 1.82) is 0 Å². The molecule has 0 spiro atoms. The van der Waals surface area contributed by atoms with E-state index in [0.717, 1.165) is 37.9 Å². The van der Waals surface area contributed by atoms with Crippen LogP contribution < -0.4 is 22.5 Å². The summed E-state index contributed by atoms with van der Waals surface area (Å²) in [6.07, 6.45) is 4.94. The number of hydrogen-bond donors (Lipinski definition) is 3. The van der Waals surface area contributed by atoms with Crippen molar-refractivity contribution in [3.8, 4) is 0 Å². The summed E-state index contributed by atoms with van der Waals surface area (Å²) in [4.78, 5) is 18.2. The number of primary amides is 1. The lowest BCUT2D eigenvalue weighted by atomic mass is 9.89. The largest absolute Gasteiger partial charge is 0.365 e. The number of rotatable bonds is 4. The van der Waals surface area contributed by atoms with Crippen LogP contribution in [0.3, 0.4) is 0 Å². The molecule has 1 saturated heterocycles. The fraction of sp³-hybridized carbons (Fsp3) is 0.647. The first-order chi connectivity index (χ1) is 10.5. The molecule has 2 atom stereocenters. The van der Waals surface area contributed by atoms with E-state index in [1.54, 1.807) is 6.20 Å². The molecule has 0 aromatic carbocycles. The summed E-state index contributed by atoms with van der Waals surface area (Å²) in [5, 5.41) is 0. The second kappa shape index (κ2) is 10.2. The third-order valence-corrected chi connectivity index (χ3v) is 4.02. The van der Waals surface area contributed by atoms with Gasteiger partial charge in [0.15, 0.2) is 0 Å². The highest BCUT2D eigenvalue weighted by Gasteiger charge is 2.28. The maximum Gasteiger partial charge on any atom is 0.252 e. The zero-order chi connectivity index (χ0) is 16.7. The maximum absolute atomic E-state index is 11.6. The van der Waals surface area contributed by atoms with E-state index in [9.17, 15) is 4.79 Å². The zero-order valence-corrected chi connectivity index (χ0v) is 15.0. The van der Waals surface area contributed by atoms with E-state index < -0.39 is 5.91 Å². The van der Waals surface area contributed by atoms with Gasteiger partial charge in [0, 0.05) is 26.8 Å². The molecule has 2 rings (SSSR count). The highest BCUT2D eigenvalue weighted by molar-refractivity contribution is 5.97. The standard InChI is InChI=1S/C15H24N4O.C2H6.H3N.H2/c1-3-4-11-9-19(6-5-13(11)16)15-12(14(17)20)7-10(2)8-18-15;1-2;;/h7-8,11,13H,3-6,9,16H2,1-2H3,(H2,17,20);1-2H3;1H3;1H. The van der Waals surface area contributed by atoms with Gasteiger partial charge in [-0.25, -0.2) is 4.98 Å². The quantitative estimate of drug-likeness (QED) is 0.786. The third-order valence-electron chi connectivity index (χ3n) is 4.02. The third kappa shape index (κ3) is 5.48. The second-order valence-electron chi connectivity index (χ2n) is 5.70. The van der Waals surface area contributed by atoms with E-state index in [1.165, 1.54) is 0 Å². The van der Waals surface area contributed by atoms with Gasteiger partial charge < -0.3 is 22.5 Å². The van der Waals surface area contributed by atoms with Gasteiger partial charge in [-0.05, 0) is 37.3 Å². The number of amides is 1.